The predicted octanol–water partition coefficient (Wildman–Crippen LogP) is 1.57. The molecule has 0 bridgehead atoms. The number of ether oxygens (including phenoxy) is 2. The molecule has 1 rings (SSSR count). The molecule has 21 heavy (non-hydrogen) atoms. The number of esters is 1. The molecule has 0 saturated heterocycles. The van der Waals surface area contributed by atoms with Gasteiger partial charge in [0, 0.05) is 25.8 Å². The molecule has 0 radical (unpaired) electrons. The number of nitrogens with zero attached hydrogens (tertiary/aromatic N) is 1. The summed E-state index contributed by atoms with van der Waals surface area (Å²) in [5.74, 6) is 0.419. The lowest BCUT2D eigenvalue weighted by atomic mass is 10.2. The highest BCUT2D eigenvalue weighted by Gasteiger charge is 1.99. The van der Waals surface area contributed by atoms with Crippen LogP contribution in [0.15, 0.2) is 30.3 Å². The van der Waals surface area contributed by atoms with E-state index in [-0.39, 0.29) is 12.6 Å². The molecule has 0 aliphatic rings. The van der Waals surface area contributed by atoms with E-state index in [9.17, 15) is 4.79 Å². The number of aliphatic hydroxyl groups is 1. The number of carbonyl (C=O) groups excluding carboxylic acids is 1. The van der Waals surface area contributed by atoms with E-state index in [1.54, 1.807) is 6.08 Å². The lowest BCUT2D eigenvalue weighted by Crippen LogP contribution is -2.25. The van der Waals surface area contributed by atoms with Gasteiger partial charge >= 0.3 is 5.97 Å². The molecule has 1 aromatic carbocycles. The molecular weight excluding hydrogens is 270 g/mol. The van der Waals surface area contributed by atoms with Gasteiger partial charge in [-0.1, -0.05) is 12.1 Å². The Morgan fingerprint density at radius 2 is 2.00 bits per heavy atom. The third-order valence-corrected chi connectivity index (χ3v) is 2.93. The van der Waals surface area contributed by atoms with Gasteiger partial charge in [0.1, 0.15) is 12.4 Å². The number of benzene rings is 1. The zero-order valence-electron chi connectivity index (χ0n) is 12.6. The molecule has 0 fully saturated rings. The molecule has 0 aromatic heterocycles. The Labute approximate surface area is 125 Å². The molecule has 0 spiro atoms. The van der Waals surface area contributed by atoms with Crippen molar-refractivity contribution >= 4 is 12.0 Å². The van der Waals surface area contributed by atoms with Gasteiger partial charge in [0.2, 0.25) is 0 Å². The number of hydrogen-bond donors (Lipinski definition) is 1. The average molecular weight is 293 g/mol. The van der Waals surface area contributed by atoms with Gasteiger partial charge in [-0.15, -0.1) is 0 Å². The Balaban J connectivity index is 2.34. The van der Waals surface area contributed by atoms with Crippen LogP contribution in [0.3, 0.4) is 0 Å². The summed E-state index contributed by atoms with van der Waals surface area (Å²) in [6, 6.07) is 7.49. The van der Waals surface area contributed by atoms with Gasteiger partial charge in [-0.3, -0.25) is 0 Å². The molecule has 0 atom stereocenters. The summed E-state index contributed by atoms with van der Waals surface area (Å²) in [5.41, 5.74) is 0.910. The zero-order chi connectivity index (χ0) is 15.5. The lowest BCUT2D eigenvalue weighted by Gasteiger charge is -2.16. The van der Waals surface area contributed by atoms with Crippen LogP contribution >= 0.6 is 0 Å². The van der Waals surface area contributed by atoms with Crippen LogP contribution in [-0.2, 0) is 9.53 Å². The van der Waals surface area contributed by atoms with Crippen molar-refractivity contribution in [1.29, 1.82) is 0 Å². The fourth-order valence-electron chi connectivity index (χ4n) is 1.68. The van der Waals surface area contributed by atoms with Crippen LogP contribution < -0.4 is 4.74 Å². The fraction of sp³-hybridized carbons (Fsp3) is 0.438. The first kappa shape index (κ1) is 17.2. The van der Waals surface area contributed by atoms with Crippen LogP contribution in [0.2, 0.25) is 0 Å². The van der Waals surface area contributed by atoms with Crippen molar-refractivity contribution in [2.24, 2.45) is 0 Å². The van der Waals surface area contributed by atoms with Crippen molar-refractivity contribution in [3.05, 3.63) is 35.9 Å². The van der Waals surface area contributed by atoms with Gasteiger partial charge < -0.3 is 19.5 Å². The van der Waals surface area contributed by atoms with E-state index in [4.69, 9.17) is 9.84 Å². The van der Waals surface area contributed by atoms with Crippen LogP contribution in [0.1, 0.15) is 12.0 Å². The number of rotatable bonds is 9. The van der Waals surface area contributed by atoms with Crippen molar-refractivity contribution in [3.8, 4) is 5.75 Å². The van der Waals surface area contributed by atoms with Gasteiger partial charge in [-0.2, -0.15) is 0 Å². The van der Waals surface area contributed by atoms with Crippen molar-refractivity contribution in [1.82, 2.24) is 4.90 Å². The summed E-state index contributed by atoms with van der Waals surface area (Å²) >= 11 is 0. The second-order valence-electron chi connectivity index (χ2n) is 4.65. The smallest absolute Gasteiger partial charge is 0.330 e. The molecule has 0 aliphatic heterocycles. The predicted molar refractivity (Wildman–Crippen MR) is 82.2 cm³/mol. The zero-order valence-corrected chi connectivity index (χ0v) is 12.6. The Kier molecular flexibility index (Phi) is 8.16. The van der Waals surface area contributed by atoms with Crippen LogP contribution in [0.4, 0.5) is 0 Å². The van der Waals surface area contributed by atoms with E-state index in [1.165, 1.54) is 13.2 Å². The van der Waals surface area contributed by atoms with Crippen molar-refractivity contribution in [2.75, 3.05) is 40.5 Å². The minimum absolute atomic E-state index is 0.214. The maximum Gasteiger partial charge on any atom is 0.330 e. The highest BCUT2D eigenvalue weighted by Crippen LogP contribution is 2.13. The Bertz CT molecular complexity index is 442. The van der Waals surface area contributed by atoms with E-state index >= 15 is 0 Å². The van der Waals surface area contributed by atoms with Crippen molar-refractivity contribution in [2.45, 2.75) is 6.42 Å². The fourth-order valence-corrected chi connectivity index (χ4v) is 1.68. The minimum Gasteiger partial charge on any atom is -0.492 e. The molecule has 5 nitrogen and oxygen atoms in total. The molecular formula is C16H23NO4. The summed E-state index contributed by atoms with van der Waals surface area (Å²) in [5, 5.41) is 8.75. The molecule has 0 aliphatic carbocycles. The first-order valence-electron chi connectivity index (χ1n) is 6.94. The van der Waals surface area contributed by atoms with Gasteiger partial charge in [0.05, 0.1) is 7.11 Å². The Morgan fingerprint density at radius 1 is 1.29 bits per heavy atom. The monoisotopic (exact) mass is 293 g/mol. The van der Waals surface area contributed by atoms with E-state index in [2.05, 4.69) is 9.64 Å². The third kappa shape index (κ3) is 7.48. The molecule has 1 N–H and O–H groups in total. The van der Waals surface area contributed by atoms with Crippen molar-refractivity contribution < 1.29 is 19.4 Å². The van der Waals surface area contributed by atoms with E-state index in [0.29, 0.717) is 6.61 Å². The SMILES string of the molecule is COC(=O)/C=C/c1ccc(OCCN(C)CCCO)cc1. The average Bonchev–Trinajstić information content (AvgIpc) is 2.51. The summed E-state index contributed by atoms with van der Waals surface area (Å²) in [6.07, 6.45) is 3.85. The quantitative estimate of drug-likeness (QED) is 0.553. The maximum atomic E-state index is 11.0. The Hall–Kier alpha value is -1.85. The number of methoxy groups -OCH3 is 1. The van der Waals surface area contributed by atoms with Gasteiger partial charge in [0.15, 0.2) is 0 Å². The second kappa shape index (κ2) is 9.96. The topological polar surface area (TPSA) is 59.0 Å². The summed E-state index contributed by atoms with van der Waals surface area (Å²) < 4.78 is 10.2. The Morgan fingerprint density at radius 3 is 2.62 bits per heavy atom. The standard InChI is InChI=1S/C16H23NO4/c1-17(10-3-12-18)11-13-21-15-7-4-14(5-8-15)6-9-16(19)20-2/h4-9,18H,3,10-13H2,1-2H3/b9-6+. The molecule has 116 valence electrons. The summed E-state index contributed by atoms with van der Waals surface area (Å²) in [4.78, 5) is 13.1. The van der Waals surface area contributed by atoms with Crippen LogP contribution in [0.25, 0.3) is 6.08 Å². The molecule has 0 unspecified atom stereocenters. The van der Waals surface area contributed by atoms with Crippen molar-refractivity contribution in [3.63, 3.8) is 0 Å². The normalized spacial score (nSPS) is 11.0. The first-order chi connectivity index (χ1) is 10.2. The number of likely N-dealkylation sites (N-methyl/N-ethyl adjacent to an activating group) is 1. The molecule has 1 aromatic rings. The molecule has 5 heteroatoms. The van der Waals surface area contributed by atoms with E-state index in [1.807, 2.05) is 31.3 Å². The van der Waals surface area contributed by atoms with Crippen LogP contribution in [0, 0.1) is 0 Å². The third-order valence-electron chi connectivity index (χ3n) is 2.93. The largest absolute Gasteiger partial charge is 0.492 e. The van der Waals surface area contributed by atoms with Gasteiger partial charge in [0.25, 0.3) is 0 Å². The van der Waals surface area contributed by atoms with E-state index < -0.39 is 0 Å². The molecule has 0 saturated carbocycles. The minimum atomic E-state index is -0.374. The maximum absolute atomic E-state index is 11.0. The number of hydrogen-bond acceptors (Lipinski definition) is 5. The van der Waals surface area contributed by atoms with Gasteiger partial charge in [-0.05, 0) is 37.2 Å². The summed E-state index contributed by atoms with van der Waals surface area (Å²) in [7, 11) is 3.35. The number of aliphatic hydroxyl groups excluding tert-OH is 1. The van der Waals surface area contributed by atoms with Gasteiger partial charge in [-0.25, -0.2) is 4.79 Å². The number of carbonyl (C=O) groups is 1. The second-order valence-corrected chi connectivity index (χ2v) is 4.65. The van der Waals surface area contributed by atoms with E-state index in [0.717, 1.165) is 30.8 Å². The first-order valence-corrected chi connectivity index (χ1v) is 6.94. The lowest BCUT2D eigenvalue weighted by molar-refractivity contribution is -0.134. The van der Waals surface area contributed by atoms with Crippen LogP contribution in [-0.4, -0.2) is 56.4 Å². The van der Waals surface area contributed by atoms with Crippen LogP contribution in [0.5, 0.6) is 5.75 Å². The molecule has 0 amide bonds. The highest BCUT2D eigenvalue weighted by molar-refractivity contribution is 5.86. The summed E-state index contributed by atoms with van der Waals surface area (Å²) in [6.45, 7) is 2.48. The highest BCUT2D eigenvalue weighted by atomic mass is 16.5. The molecule has 0 heterocycles.